The molecule has 0 aliphatic carbocycles. The van der Waals surface area contributed by atoms with E-state index < -0.39 is 76.7 Å². The van der Waals surface area contributed by atoms with E-state index in [1.54, 1.807) is 0 Å². The van der Waals surface area contributed by atoms with E-state index in [4.69, 9.17) is 25.0 Å². The molecule has 13 nitrogen and oxygen atoms in total. The SMILES string of the molecule is [2H]C(OC(=O)CCCCCCCCCCCCCCCCC)[C@H](COP(=O)(O)O[C@H](CO)[C@@H](O)[C@H](O)[C@H](O)CO)OC(=O)CCCCCCCCCCCCCCCCC. The average molecular weight is 870 g/mol. The number of aliphatic hydroxyl groups is 5. The number of phosphoric ester groups is 1. The monoisotopic (exact) mass is 870 g/mol. The average Bonchev–Trinajstić information content (AvgIpc) is 3.23. The standard InChI is InChI=1S/C45H89O13P/c1-3-5-7-9-11-13-15-17-19-21-23-25-27-29-31-33-42(49)55-37-39(38-56-59(53,54)58-41(36-47)45(52)44(51)40(48)35-46)57-43(50)34-32-30-28-26-24-22-20-18-16-14-12-10-8-6-4-2/h39-41,44-48,51-52H,3-38H2,1-2H3,(H,53,54)/t39-,40-,41-,44-,45-/m1/s1/i37D/t37?,39-,40-,41-,44-,45-. The van der Waals surface area contributed by atoms with Crippen LogP contribution in [-0.2, 0) is 32.7 Å². The number of rotatable bonds is 45. The third-order valence-corrected chi connectivity index (χ3v) is 11.8. The molecule has 0 radical (unpaired) electrons. The number of phosphoric acid groups is 1. The number of unbranched alkanes of at least 4 members (excludes halogenated alkanes) is 28. The van der Waals surface area contributed by atoms with Crippen LogP contribution in [0.4, 0.5) is 0 Å². The molecule has 0 fully saturated rings. The van der Waals surface area contributed by atoms with Crippen LogP contribution in [0.5, 0.6) is 0 Å². The summed E-state index contributed by atoms with van der Waals surface area (Å²) in [5.41, 5.74) is 0. The summed E-state index contributed by atoms with van der Waals surface area (Å²) < 4.78 is 41.6. The van der Waals surface area contributed by atoms with Gasteiger partial charge in [-0.3, -0.25) is 18.6 Å². The first-order valence-corrected chi connectivity index (χ1v) is 25.1. The third kappa shape index (κ3) is 36.1. The Kier molecular flexibility index (Phi) is 38.7. The molecule has 0 aliphatic rings. The molecule has 6 N–H and O–H groups in total. The lowest BCUT2D eigenvalue weighted by molar-refractivity contribution is -0.161. The molecule has 0 saturated heterocycles. The van der Waals surface area contributed by atoms with Crippen LogP contribution in [0.15, 0.2) is 0 Å². The zero-order chi connectivity index (χ0) is 44.7. The second kappa shape index (κ2) is 40.9. The maximum absolute atomic E-state index is 12.8. The normalized spacial score (nSPS) is 16.1. The molecule has 2 unspecified atom stereocenters. The molecule has 0 amide bonds. The first kappa shape index (κ1) is 55.9. The molecular weight excluding hydrogens is 779 g/mol. The maximum atomic E-state index is 12.8. The van der Waals surface area contributed by atoms with Crippen molar-refractivity contribution < 1.29 is 64.5 Å². The maximum Gasteiger partial charge on any atom is 0.472 e. The van der Waals surface area contributed by atoms with Crippen LogP contribution in [0.2, 0.25) is 0 Å². The van der Waals surface area contributed by atoms with E-state index >= 15 is 0 Å². The van der Waals surface area contributed by atoms with Gasteiger partial charge in [-0.1, -0.05) is 194 Å². The summed E-state index contributed by atoms with van der Waals surface area (Å²) >= 11 is 0. The fourth-order valence-corrected chi connectivity index (χ4v) is 7.88. The van der Waals surface area contributed by atoms with Gasteiger partial charge in [0.05, 0.1) is 21.2 Å². The molecule has 0 bridgehead atoms. The highest BCUT2D eigenvalue weighted by molar-refractivity contribution is 7.47. The van der Waals surface area contributed by atoms with Crippen molar-refractivity contribution in [3.63, 3.8) is 0 Å². The van der Waals surface area contributed by atoms with Crippen LogP contribution >= 0.6 is 7.82 Å². The lowest BCUT2D eigenvalue weighted by Gasteiger charge is -2.28. The summed E-state index contributed by atoms with van der Waals surface area (Å²) in [5.74, 6) is -1.39. The Morgan fingerprint density at radius 3 is 1.25 bits per heavy atom. The van der Waals surface area contributed by atoms with E-state index in [2.05, 4.69) is 13.8 Å². The van der Waals surface area contributed by atoms with Gasteiger partial charge in [0.1, 0.15) is 31.0 Å². The fraction of sp³-hybridized carbons (Fsp3) is 0.956. The Labute approximate surface area is 359 Å². The molecule has 0 rings (SSSR count). The summed E-state index contributed by atoms with van der Waals surface area (Å²) in [6.45, 7) is -0.260. The topological polar surface area (TPSA) is 210 Å². The minimum absolute atomic E-state index is 0.0195. The molecule has 0 heterocycles. The van der Waals surface area contributed by atoms with Crippen LogP contribution < -0.4 is 0 Å². The van der Waals surface area contributed by atoms with E-state index in [1.807, 2.05) is 0 Å². The van der Waals surface area contributed by atoms with Gasteiger partial charge in [0.25, 0.3) is 0 Å². The van der Waals surface area contributed by atoms with Crippen LogP contribution in [0, 0.1) is 0 Å². The summed E-state index contributed by atoms with van der Waals surface area (Å²) in [6, 6.07) is 0. The Morgan fingerprint density at radius 1 is 0.542 bits per heavy atom. The quantitative estimate of drug-likeness (QED) is 0.0192. The van der Waals surface area contributed by atoms with E-state index in [9.17, 15) is 39.5 Å². The van der Waals surface area contributed by atoms with Gasteiger partial charge in [-0.15, -0.1) is 0 Å². The molecule has 0 aliphatic heterocycles. The number of carbonyl (C=O) groups is 2. The second-order valence-electron chi connectivity index (χ2n) is 16.4. The molecule has 0 aromatic heterocycles. The van der Waals surface area contributed by atoms with Gasteiger partial charge >= 0.3 is 19.8 Å². The van der Waals surface area contributed by atoms with Crippen LogP contribution in [0.3, 0.4) is 0 Å². The lowest BCUT2D eigenvalue weighted by Crippen LogP contribution is -2.47. The first-order valence-electron chi connectivity index (χ1n) is 24.2. The largest absolute Gasteiger partial charge is 0.472 e. The van der Waals surface area contributed by atoms with E-state index in [1.165, 1.54) is 128 Å². The van der Waals surface area contributed by atoms with E-state index in [0.29, 0.717) is 12.8 Å². The van der Waals surface area contributed by atoms with Gasteiger partial charge in [0.2, 0.25) is 0 Å². The van der Waals surface area contributed by atoms with Crippen molar-refractivity contribution in [3.8, 4) is 0 Å². The van der Waals surface area contributed by atoms with E-state index in [-0.39, 0.29) is 12.8 Å². The zero-order valence-electron chi connectivity index (χ0n) is 38.2. The molecule has 59 heavy (non-hydrogen) atoms. The second-order valence-corrected chi connectivity index (χ2v) is 17.8. The van der Waals surface area contributed by atoms with Crippen LogP contribution in [0.25, 0.3) is 0 Å². The number of aliphatic hydroxyl groups excluding tert-OH is 5. The highest BCUT2D eigenvalue weighted by atomic mass is 31.2. The number of esters is 2. The molecule has 14 heteroatoms. The molecule has 352 valence electrons. The highest BCUT2D eigenvalue weighted by Gasteiger charge is 2.37. The van der Waals surface area contributed by atoms with Gasteiger partial charge in [0, 0.05) is 12.8 Å². The molecule has 0 aromatic rings. The van der Waals surface area contributed by atoms with Gasteiger partial charge in [0.15, 0.2) is 6.10 Å². The molecule has 7 atom stereocenters. The van der Waals surface area contributed by atoms with Crippen molar-refractivity contribution in [3.05, 3.63) is 0 Å². The summed E-state index contributed by atoms with van der Waals surface area (Å²) in [6.07, 6.45) is 25.7. The Bertz CT molecular complexity index is 1040. The lowest BCUT2D eigenvalue weighted by atomic mass is 10.0. The van der Waals surface area contributed by atoms with E-state index in [0.717, 1.165) is 51.4 Å². The summed E-state index contributed by atoms with van der Waals surface area (Å²) in [5, 5.41) is 48.4. The van der Waals surface area contributed by atoms with Crippen LogP contribution in [-0.4, -0.2) is 99.3 Å². The van der Waals surface area contributed by atoms with Crippen molar-refractivity contribution in [2.45, 2.75) is 250 Å². The van der Waals surface area contributed by atoms with Crippen molar-refractivity contribution in [2.75, 3.05) is 26.4 Å². The Hall–Kier alpha value is -1.15. The minimum Gasteiger partial charge on any atom is -0.462 e. The van der Waals surface area contributed by atoms with Gasteiger partial charge in [-0.25, -0.2) is 4.57 Å². The van der Waals surface area contributed by atoms with Crippen molar-refractivity contribution in [1.29, 1.82) is 0 Å². The van der Waals surface area contributed by atoms with Gasteiger partial charge < -0.3 is 39.9 Å². The Balaban J connectivity index is 4.79. The van der Waals surface area contributed by atoms with Crippen LogP contribution in [0.1, 0.15) is 221 Å². The molecule has 0 spiro atoms. The number of carbonyl (C=O) groups excluding carboxylic acids is 2. The fourth-order valence-electron chi connectivity index (χ4n) is 6.95. The summed E-state index contributed by atoms with van der Waals surface area (Å²) in [7, 11) is -5.16. The van der Waals surface area contributed by atoms with Crippen molar-refractivity contribution in [1.82, 2.24) is 0 Å². The predicted molar refractivity (Wildman–Crippen MR) is 233 cm³/mol. The predicted octanol–water partition coefficient (Wildman–Crippen LogP) is 9.53. The molecule has 0 aromatic carbocycles. The number of hydrogen-bond acceptors (Lipinski definition) is 12. The number of hydrogen-bond donors (Lipinski definition) is 6. The van der Waals surface area contributed by atoms with Crippen molar-refractivity contribution in [2.24, 2.45) is 0 Å². The first-order chi connectivity index (χ1) is 28.9. The zero-order valence-corrected chi connectivity index (χ0v) is 38.1. The smallest absolute Gasteiger partial charge is 0.462 e. The number of ether oxygens (including phenoxy) is 2. The Morgan fingerprint density at radius 2 is 0.898 bits per heavy atom. The summed E-state index contributed by atoms with van der Waals surface area (Å²) in [4.78, 5) is 35.8. The van der Waals surface area contributed by atoms with Crippen molar-refractivity contribution >= 4 is 19.8 Å². The van der Waals surface area contributed by atoms with Gasteiger partial charge in [-0.05, 0) is 12.8 Å². The minimum atomic E-state index is -5.16. The third-order valence-electron chi connectivity index (χ3n) is 10.8. The van der Waals surface area contributed by atoms with Gasteiger partial charge in [-0.2, -0.15) is 0 Å². The highest BCUT2D eigenvalue weighted by Crippen LogP contribution is 2.45. The molecule has 0 saturated carbocycles. The molecular formula is C45H89O13P.